The topological polar surface area (TPSA) is 32.3 Å². The summed E-state index contributed by atoms with van der Waals surface area (Å²) in [4.78, 5) is 0. The standard InChI is InChI=1S/C9H10F3NO/c1-6-2-3-7(14)4-8(6)13-5-9(10,11)12/h2-4,13-14H,5H2,1H3. The highest BCUT2D eigenvalue weighted by molar-refractivity contribution is 5.54. The van der Waals surface area contributed by atoms with E-state index in [2.05, 4.69) is 5.32 Å². The van der Waals surface area contributed by atoms with Crippen molar-refractivity contribution in [3.63, 3.8) is 0 Å². The summed E-state index contributed by atoms with van der Waals surface area (Å²) in [6.07, 6.45) is -4.25. The molecule has 0 saturated carbocycles. The second-order valence-corrected chi connectivity index (χ2v) is 2.97. The fraction of sp³-hybridized carbons (Fsp3) is 0.333. The van der Waals surface area contributed by atoms with E-state index in [4.69, 9.17) is 5.11 Å². The Balaban J connectivity index is 2.72. The molecular formula is C9H10F3NO. The first-order chi connectivity index (χ1) is 6.38. The van der Waals surface area contributed by atoms with E-state index in [0.717, 1.165) is 0 Å². The minimum atomic E-state index is -4.25. The second-order valence-electron chi connectivity index (χ2n) is 2.97. The molecule has 0 radical (unpaired) electrons. The van der Waals surface area contributed by atoms with Crippen LogP contribution in [0.4, 0.5) is 18.9 Å². The lowest BCUT2D eigenvalue weighted by Crippen LogP contribution is -2.21. The molecule has 0 aliphatic heterocycles. The number of hydrogen-bond donors (Lipinski definition) is 2. The Kier molecular flexibility index (Phi) is 2.88. The van der Waals surface area contributed by atoms with Crippen molar-refractivity contribution in [2.24, 2.45) is 0 Å². The number of halogens is 3. The lowest BCUT2D eigenvalue weighted by molar-refractivity contribution is -0.115. The highest BCUT2D eigenvalue weighted by Crippen LogP contribution is 2.22. The smallest absolute Gasteiger partial charge is 0.405 e. The first-order valence-electron chi connectivity index (χ1n) is 3.99. The number of aromatic hydroxyl groups is 1. The first-order valence-corrected chi connectivity index (χ1v) is 3.99. The largest absolute Gasteiger partial charge is 0.508 e. The molecule has 0 bridgehead atoms. The van der Waals surface area contributed by atoms with Crippen molar-refractivity contribution in [3.05, 3.63) is 23.8 Å². The van der Waals surface area contributed by atoms with Crippen LogP contribution in [0.3, 0.4) is 0 Å². The summed E-state index contributed by atoms with van der Waals surface area (Å²) in [6, 6.07) is 4.24. The van der Waals surface area contributed by atoms with Crippen LogP contribution in [-0.4, -0.2) is 17.8 Å². The van der Waals surface area contributed by atoms with Crippen LogP contribution in [-0.2, 0) is 0 Å². The second kappa shape index (κ2) is 3.77. The van der Waals surface area contributed by atoms with E-state index in [1.54, 1.807) is 13.0 Å². The summed E-state index contributed by atoms with van der Waals surface area (Å²) in [6.45, 7) is 0.565. The molecule has 0 aliphatic carbocycles. The van der Waals surface area contributed by atoms with Gasteiger partial charge in [0.05, 0.1) is 0 Å². The van der Waals surface area contributed by atoms with Crippen molar-refractivity contribution in [1.29, 1.82) is 0 Å². The summed E-state index contributed by atoms with van der Waals surface area (Å²) in [7, 11) is 0. The molecule has 0 atom stereocenters. The summed E-state index contributed by atoms with van der Waals surface area (Å²) in [5.41, 5.74) is 0.953. The molecule has 78 valence electrons. The molecular weight excluding hydrogens is 195 g/mol. The van der Waals surface area contributed by atoms with Gasteiger partial charge in [0, 0.05) is 11.8 Å². The van der Waals surface area contributed by atoms with Crippen LogP contribution in [0.5, 0.6) is 5.75 Å². The number of nitrogens with one attached hydrogen (secondary N) is 1. The maximum Gasteiger partial charge on any atom is 0.405 e. The molecule has 1 rings (SSSR count). The molecule has 1 aromatic rings. The van der Waals surface area contributed by atoms with Gasteiger partial charge in [0.15, 0.2) is 0 Å². The first kappa shape index (κ1) is 10.7. The SMILES string of the molecule is Cc1ccc(O)cc1NCC(F)(F)F. The zero-order chi connectivity index (χ0) is 10.8. The van der Waals surface area contributed by atoms with E-state index in [0.29, 0.717) is 11.3 Å². The molecule has 0 fully saturated rings. The Labute approximate surface area is 79.4 Å². The van der Waals surface area contributed by atoms with Crippen LogP contribution >= 0.6 is 0 Å². The highest BCUT2D eigenvalue weighted by Gasteiger charge is 2.26. The maximum atomic E-state index is 11.8. The number of anilines is 1. The summed E-state index contributed by atoms with van der Waals surface area (Å²) >= 11 is 0. The maximum absolute atomic E-state index is 11.8. The fourth-order valence-corrected chi connectivity index (χ4v) is 0.996. The zero-order valence-electron chi connectivity index (χ0n) is 7.52. The third-order valence-electron chi connectivity index (χ3n) is 1.70. The molecule has 0 amide bonds. The number of alkyl halides is 3. The van der Waals surface area contributed by atoms with Gasteiger partial charge in [0.25, 0.3) is 0 Å². The van der Waals surface area contributed by atoms with E-state index < -0.39 is 12.7 Å². The average molecular weight is 205 g/mol. The normalized spacial score (nSPS) is 11.4. The predicted molar refractivity (Wildman–Crippen MR) is 47.4 cm³/mol. The number of rotatable bonds is 2. The lowest BCUT2D eigenvalue weighted by Gasteiger charge is -2.11. The van der Waals surface area contributed by atoms with E-state index >= 15 is 0 Å². The van der Waals surface area contributed by atoms with Crippen LogP contribution in [0.2, 0.25) is 0 Å². The molecule has 0 heterocycles. The molecule has 5 heteroatoms. The highest BCUT2D eigenvalue weighted by atomic mass is 19.4. The average Bonchev–Trinajstić information content (AvgIpc) is 2.05. The van der Waals surface area contributed by atoms with Gasteiger partial charge < -0.3 is 10.4 Å². The van der Waals surface area contributed by atoms with Gasteiger partial charge in [-0.1, -0.05) is 6.07 Å². The van der Waals surface area contributed by atoms with E-state index in [9.17, 15) is 13.2 Å². The Morgan fingerprint density at radius 3 is 2.57 bits per heavy atom. The van der Waals surface area contributed by atoms with Gasteiger partial charge in [-0.15, -0.1) is 0 Å². The number of phenolic OH excluding ortho intramolecular Hbond substituents is 1. The van der Waals surface area contributed by atoms with E-state index in [1.807, 2.05) is 0 Å². The summed E-state index contributed by atoms with van der Waals surface area (Å²) < 4.78 is 35.5. The molecule has 0 saturated heterocycles. The molecule has 0 aliphatic rings. The molecule has 0 spiro atoms. The Morgan fingerprint density at radius 2 is 2.00 bits per heavy atom. The van der Waals surface area contributed by atoms with Crippen LogP contribution in [0, 0.1) is 6.92 Å². The summed E-state index contributed by atoms with van der Waals surface area (Å²) in [5.74, 6) is -0.0553. The molecule has 2 nitrogen and oxygen atoms in total. The van der Waals surface area contributed by atoms with Crippen LogP contribution in [0.25, 0.3) is 0 Å². The van der Waals surface area contributed by atoms with Crippen molar-refractivity contribution in [3.8, 4) is 5.75 Å². The fourth-order valence-electron chi connectivity index (χ4n) is 0.996. The Morgan fingerprint density at radius 1 is 1.36 bits per heavy atom. The van der Waals surface area contributed by atoms with Crippen molar-refractivity contribution in [1.82, 2.24) is 0 Å². The van der Waals surface area contributed by atoms with Crippen molar-refractivity contribution in [2.75, 3.05) is 11.9 Å². The Bertz CT molecular complexity index is 322. The van der Waals surface area contributed by atoms with Gasteiger partial charge >= 0.3 is 6.18 Å². The lowest BCUT2D eigenvalue weighted by atomic mass is 10.2. The number of hydrogen-bond acceptors (Lipinski definition) is 2. The third-order valence-corrected chi connectivity index (χ3v) is 1.70. The van der Waals surface area contributed by atoms with E-state index in [-0.39, 0.29) is 5.75 Å². The molecule has 0 unspecified atom stereocenters. The Hall–Kier alpha value is -1.39. The zero-order valence-corrected chi connectivity index (χ0v) is 7.52. The van der Waals surface area contributed by atoms with Gasteiger partial charge in [-0.05, 0) is 18.6 Å². The number of aryl methyl sites for hydroxylation is 1. The van der Waals surface area contributed by atoms with Gasteiger partial charge in [-0.3, -0.25) is 0 Å². The third kappa shape index (κ3) is 3.16. The monoisotopic (exact) mass is 205 g/mol. The quantitative estimate of drug-likeness (QED) is 0.777. The molecule has 1 aromatic carbocycles. The molecule has 2 N–H and O–H groups in total. The number of phenols is 1. The minimum absolute atomic E-state index is 0.0553. The molecule has 0 aromatic heterocycles. The van der Waals surface area contributed by atoms with Crippen LogP contribution in [0.1, 0.15) is 5.56 Å². The minimum Gasteiger partial charge on any atom is -0.508 e. The van der Waals surface area contributed by atoms with E-state index in [1.165, 1.54) is 12.1 Å². The van der Waals surface area contributed by atoms with Gasteiger partial charge in [0.2, 0.25) is 0 Å². The summed E-state index contributed by atoms with van der Waals surface area (Å²) in [5, 5.41) is 11.3. The van der Waals surface area contributed by atoms with Crippen molar-refractivity contribution in [2.45, 2.75) is 13.1 Å². The predicted octanol–water partition coefficient (Wildman–Crippen LogP) is 2.67. The van der Waals surface area contributed by atoms with Gasteiger partial charge in [-0.25, -0.2) is 0 Å². The van der Waals surface area contributed by atoms with Crippen LogP contribution < -0.4 is 5.32 Å². The van der Waals surface area contributed by atoms with Gasteiger partial charge in [0.1, 0.15) is 12.3 Å². The van der Waals surface area contributed by atoms with Crippen LogP contribution in [0.15, 0.2) is 18.2 Å². The van der Waals surface area contributed by atoms with Crippen molar-refractivity contribution >= 4 is 5.69 Å². The van der Waals surface area contributed by atoms with Gasteiger partial charge in [-0.2, -0.15) is 13.2 Å². The van der Waals surface area contributed by atoms with Crippen molar-refractivity contribution < 1.29 is 18.3 Å². The number of benzene rings is 1. The molecule has 14 heavy (non-hydrogen) atoms.